The summed E-state index contributed by atoms with van der Waals surface area (Å²) in [6, 6.07) is 9.94. The molecule has 0 saturated heterocycles. The molecule has 2 rings (SSSR count). The molecule has 1 N–H and O–H groups in total. The van der Waals surface area contributed by atoms with Crippen molar-refractivity contribution < 1.29 is 24.1 Å². The van der Waals surface area contributed by atoms with Crippen LogP contribution in [0.15, 0.2) is 42.5 Å². The van der Waals surface area contributed by atoms with Gasteiger partial charge in [-0.25, -0.2) is 0 Å². The highest BCUT2D eigenvalue weighted by Crippen LogP contribution is 2.31. The number of allylic oxidation sites excluding steroid dienone is 2. The molecule has 0 unspecified atom stereocenters. The number of benzene rings is 2. The Morgan fingerprint density at radius 3 is 2.04 bits per heavy atom. The molecule has 0 spiro atoms. The molecule has 0 bridgehead atoms. The van der Waals surface area contributed by atoms with Crippen LogP contribution in [-0.4, -0.2) is 32.2 Å². The van der Waals surface area contributed by atoms with Gasteiger partial charge in [-0.15, -0.1) is 0 Å². The van der Waals surface area contributed by atoms with E-state index in [1.807, 2.05) is 13.0 Å². The molecule has 0 saturated carbocycles. The van der Waals surface area contributed by atoms with Crippen molar-refractivity contribution in [1.82, 2.24) is 0 Å². The summed E-state index contributed by atoms with van der Waals surface area (Å²) in [5, 5.41) is 9.97. The first kappa shape index (κ1) is 17.4. The van der Waals surface area contributed by atoms with Crippen molar-refractivity contribution in [3.8, 4) is 23.0 Å². The number of phenols is 1. The summed E-state index contributed by atoms with van der Waals surface area (Å²) in [5.41, 5.74) is 1.71. The number of phenolic OH excluding ortho intramolecular Hbond substituents is 1. The molecule has 126 valence electrons. The zero-order chi connectivity index (χ0) is 17.7. The van der Waals surface area contributed by atoms with Crippen LogP contribution in [0.2, 0.25) is 0 Å². The molecule has 0 aliphatic rings. The predicted octanol–water partition coefficient (Wildman–Crippen LogP) is 3.70. The largest absolute Gasteiger partial charge is 0.507 e. The van der Waals surface area contributed by atoms with Crippen molar-refractivity contribution in [3.63, 3.8) is 0 Å². The average molecular weight is 328 g/mol. The van der Waals surface area contributed by atoms with Gasteiger partial charge in [-0.1, -0.05) is 0 Å². The minimum Gasteiger partial charge on any atom is -0.507 e. The van der Waals surface area contributed by atoms with Gasteiger partial charge in [-0.2, -0.15) is 0 Å². The summed E-state index contributed by atoms with van der Waals surface area (Å²) in [4.78, 5) is 12.4. The molecule has 0 aliphatic carbocycles. The second-order valence-electron chi connectivity index (χ2n) is 5.14. The molecule has 0 amide bonds. The predicted molar refractivity (Wildman–Crippen MR) is 92.2 cm³/mol. The molecule has 2 aromatic rings. The molecule has 5 heteroatoms. The van der Waals surface area contributed by atoms with Crippen LogP contribution in [0.25, 0.3) is 5.57 Å². The smallest absolute Gasteiger partial charge is 0.189 e. The van der Waals surface area contributed by atoms with Gasteiger partial charge in [0.15, 0.2) is 5.78 Å². The number of carbonyl (C=O) groups is 1. The molecule has 0 radical (unpaired) electrons. The lowest BCUT2D eigenvalue weighted by molar-refractivity contribution is 0.104. The molecule has 0 aliphatic heterocycles. The van der Waals surface area contributed by atoms with Gasteiger partial charge in [0, 0.05) is 17.7 Å². The van der Waals surface area contributed by atoms with Crippen LogP contribution in [0.5, 0.6) is 23.0 Å². The first-order valence-corrected chi connectivity index (χ1v) is 7.32. The topological polar surface area (TPSA) is 65.0 Å². The van der Waals surface area contributed by atoms with Gasteiger partial charge in [-0.3, -0.25) is 4.79 Å². The molecule has 24 heavy (non-hydrogen) atoms. The van der Waals surface area contributed by atoms with E-state index >= 15 is 0 Å². The number of carbonyl (C=O) groups excluding carboxylic acids is 1. The Kier molecular flexibility index (Phi) is 5.47. The number of aromatic hydroxyl groups is 1. The number of hydrogen-bond acceptors (Lipinski definition) is 5. The number of hydrogen-bond donors (Lipinski definition) is 1. The summed E-state index contributed by atoms with van der Waals surface area (Å²) in [5.74, 6) is 1.34. The molecule has 0 aromatic heterocycles. The van der Waals surface area contributed by atoms with Crippen LogP contribution >= 0.6 is 0 Å². The van der Waals surface area contributed by atoms with Gasteiger partial charge < -0.3 is 19.3 Å². The Morgan fingerprint density at radius 1 is 0.917 bits per heavy atom. The van der Waals surface area contributed by atoms with Crippen molar-refractivity contribution in [2.45, 2.75) is 6.92 Å². The Labute approximate surface area is 141 Å². The Bertz CT molecular complexity index is 777. The van der Waals surface area contributed by atoms with E-state index < -0.39 is 0 Å². The highest BCUT2D eigenvalue weighted by Gasteiger charge is 2.13. The Balaban J connectivity index is 2.35. The monoisotopic (exact) mass is 328 g/mol. The van der Waals surface area contributed by atoms with Gasteiger partial charge in [0.1, 0.15) is 23.0 Å². The molecular weight excluding hydrogens is 308 g/mol. The maximum absolute atomic E-state index is 12.4. The van der Waals surface area contributed by atoms with E-state index in [0.29, 0.717) is 17.2 Å². The second-order valence-corrected chi connectivity index (χ2v) is 5.14. The summed E-state index contributed by atoms with van der Waals surface area (Å²) < 4.78 is 15.5. The van der Waals surface area contributed by atoms with E-state index in [1.165, 1.54) is 25.3 Å². The summed E-state index contributed by atoms with van der Waals surface area (Å²) in [7, 11) is 4.63. The third-order valence-electron chi connectivity index (χ3n) is 3.65. The zero-order valence-corrected chi connectivity index (χ0v) is 14.1. The molecule has 5 nitrogen and oxygen atoms in total. The lowest BCUT2D eigenvalue weighted by Gasteiger charge is -2.11. The van der Waals surface area contributed by atoms with Crippen molar-refractivity contribution in [2.24, 2.45) is 0 Å². The van der Waals surface area contributed by atoms with Crippen LogP contribution < -0.4 is 14.2 Å². The first-order valence-electron chi connectivity index (χ1n) is 7.32. The van der Waals surface area contributed by atoms with Crippen LogP contribution in [0.4, 0.5) is 0 Å². The van der Waals surface area contributed by atoms with Gasteiger partial charge in [0.05, 0.1) is 26.9 Å². The van der Waals surface area contributed by atoms with Gasteiger partial charge in [0.2, 0.25) is 0 Å². The summed E-state index contributed by atoms with van der Waals surface area (Å²) in [6.45, 7) is 1.81. The summed E-state index contributed by atoms with van der Waals surface area (Å²) >= 11 is 0. The van der Waals surface area contributed by atoms with E-state index in [4.69, 9.17) is 14.2 Å². The SMILES string of the molecule is COc1ccc(C(=O)C=C(C)c2ccc(OC)cc2OC)c(O)c1. The Hall–Kier alpha value is -2.95. The van der Waals surface area contributed by atoms with E-state index in [2.05, 4.69) is 0 Å². The number of methoxy groups -OCH3 is 3. The molecule has 0 atom stereocenters. The van der Waals surface area contributed by atoms with E-state index in [9.17, 15) is 9.90 Å². The fourth-order valence-electron chi connectivity index (χ4n) is 2.32. The van der Waals surface area contributed by atoms with Gasteiger partial charge in [0.25, 0.3) is 0 Å². The maximum Gasteiger partial charge on any atom is 0.189 e. The number of ether oxygens (including phenoxy) is 3. The average Bonchev–Trinajstić information content (AvgIpc) is 2.60. The van der Waals surface area contributed by atoms with Crippen LogP contribution in [-0.2, 0) is 0 Å². The second kappa shape index (κ2) is 7.55. The lowest BCUT2D eigenvalue weighted by atomic mass is 10.0. The minimum absolute atomic E-state index is 0.120. The Morgan fingerprint density at radius 2 is 1.50 bits per heavy atom. The molecule has 0 heterocycles. The first-order chi connectivity index (χ1) is 11.5. The quantitative estimate of drug-likeness (QED) is 0.647. The molecule has 0 fully saturated rings. The standard InChI is InChI=1S/C19H20O5/c1-12(15-7-5-14(23-3)11-19(15)24-4)9-17(20)16-8-6-13(22-2)10-18(16)21/h5-11,21H,1-4H3. The van der Waals surface area contributed by atoms with Crippen molar-refractivity contribution >= 4 is 11.4 Å². The van der Waals surface area contributed by atoms with Crippen molar-refractivity contribution in [1.29, 1.82) is 0 Å². The van der Waals surface area contributed by atoms with E-state index in [0.717, 1.165) is 11.1 Å². The van der Waals surface area contributed by atoms with Gasteiger partial charge in [-0.05, 0) is 42.8 Å². The maximum atomic E-state index is 12.4. The highest BCUT2D eigenvalue weighted by molar-refractivity contribution is 6.10. The minimum atomic E-state index is -0.300. The lowest BCUT2D eigenvalue weighted by Crippen LogP contribution is -1.98. The fourth-order valence-corrected chi connectivity index (χ4v) is 2.32. The third kappa shape index (κ3) is 3.68. The molecular formula is C19H20O5. The van der Waals surface area contributed by atoms with E-state index in [1.54, 1.807) is 32.4 Å². The fraction of sp³-hybridized carbons (Fsp3) is 0.211. The normalized spacial score (nSPS) is 11.1. The van der Waals surface area contributed by atoms with Crippen LogP contribution in [0, 0.1) is 0 Å². The van der Waals surface area contributed by atoms with Crippen molar-refractivity contribution in [2.75, 3.05) is 21.3 Å². The summed E-state index contributed by atoms with van der Waals surface area (Å²) in [6.07, 6.45) is 1.46. The van der Waals surface area contributed by atoms with Gasteiger partial charge >= 0.3 is 0 Å². The van der Waals surface area contributed by atoms with Crippen molar-refractivity contribution in [3.05, 3.63) is 53.6 Å². The number of ketones is 1. The van der Waals surface area contributed by atoms with Crippen LogP contribution in [0.3, 0.4) is 0 Å². The van der Waals surface area contributed by atoms with Crippen LogP contribution in [0.1, 0.15) is 22.8 Å². The zero-order valence-electron chi connectivity index (χ0n) is 14.1. The van der Waals surface area contributed by atoms with E-state index in [-0.39, 0.29) is 17.1 Å². The molecule has 2 aromatic carbocycles. The highest BCUT2D eigenvalue weighted by atomic mass is 16.5. The number of rotatable bonds is 6. The third-order valence-corrected chi connectivity index (χ3v) is 3.65.